The van der Waals surface area contributed by atoms with E-state index in [0.717, 1.165) is 10.6 Å². The summed E-state index contributed by atoms with van der Waals surface area (Å²) in [6.45, 7) is 1.72. The number of nitrogens with zero attached hydrogens (tertiary/aromatic N) is 1. The first kappa shape index (κ1) is 17.9. The molecule has 0 aliphatic carbocycles. The van der Waals surface area contributed by atoms with E-state index in [1.807, 2.05) is 0 Å². The van der Waals surface area contributed by atoms with Crippen LogP contribution in [-0.2, 0) is 14.8 Å². The Morgan fingerprint density at radius 2 is 1.83 bits per heavy atom. The maximum absolute atomic E-state index is 13.3. The Morgan fingerprint density at radius 3 is 2.38 bits per heavy atom. The normalized spacial score (nSPS) is 12.5. The van der Waals surface area contributed by atoms with Gasteiger partial charge >= 0.3 is 0 Å². The molecule has 128 valence electrons. The number of hydrogen-bond acceptors (Lipinski definition) is 3. The van der Waals surface area contributed by atoms with Crippen LogP contribution in [0.3, 0.4) is 0 Å². The lowest BCUT2D eigenvalue weighted by molar-refractivity contribution is -0.117. The van der Waals surface area contributed by atoms with Gasteiger partial charge in [-0.3, -0.25) is 9.10 Å². The average Bonchev–Trinajstić information content (AvgIpc) is 2.52. The van der Waals surface area contributed by atoms with Crippen molar-refractivity contribution in [1.29, 1.82) is 0 Å². The molecule has 0 aromatic heterocycles. The molecule has 2 aromatic carbocycles. The quantitative estimate of drug-likeness (QED) is 0.871. The van der Waals surface area contributed by atoms with Gasteiger partial charge in [0.2, 0.25) is 15.9 Å². The lowest BCUT2D eigenvalue weighted by atomic mass is 10.2. The smallest absolute Gasteiger partial charge is 0.248 e. The van der Waals surface area contributed by atoms with Crippen LogP contribution in [0.15, 0.2) is 54.6 Å². The van der Waals surface area contributed by atoms with Crippen molar-refractivity contribution in [1.82, 2.24) is 0 Å². The predicted octanol–water partition coefficient (Wildman–Crippen LogP) is 3.01. The van der Waals surface area contributed by atoms with Gasteiger partial charge in [0.1, 0.15) is 11.9 Å². The molecular formula is C17H19FN2O3S. The molecule has 0 saturated carbocycles. The number of sulfonamides is 1. The van der Waals surface area contributed by atoms with Gasteiger partial charge in [-0.1, -0.05) is 31.2 Å². The molecule has 0 aliphatic rings. The topological polar surface area (TPSA) is 66.5 Å². The van der Waals surface area contributed by atoms with Crippen LogP contribution in [-0.4, -0.2) is 26.6 Å². The van der Waals surface area contributed by atoms with Crippen LogP contribution in [0.5, 0.6) is 0 Å². The van der Waals surface area contributed by atoms with Gasteiger partial charge in [-0.15, -0.1) is 0 Å². The fourth-order valence-corrected chi connectivity index (χ4v) is 3.64. The van der Waals surface area contributed by atoms with Crippen molar-refractivity contribution in [2.75, 3.05) is 15.9 Å². The van der Waals surface area contributed by atoms with Crippen molar-refractivity contribution >= 4 is 27.3 Å². The summed E-state index contributed by atoms with van der Waals surface area (Å²) < 4.78 is 38.8. The molecule has 0 fully saturated rings. The molecule has 7 heteroatoms. The van der Waals surface area contributed by atoms with Crippen LogP contribution in [0.4, 0.5) is 15.8 Å². The second-order valence-corrected chi connectivity index (χ2v) is 7.18. The maximum Gasteiger partial charge on any atom is 0.248 e. The number of benzene rings is 2. The van der Waals surface area contributed by atoms with Crippen LogP contribution < -0.4 is 9.62 Å². The fourth-order valence-electron chi connectivity index (χ4n) is 2.43. The maximum atomic E-state index is 13.3. The number of halogens is 1. The zero-order chi connectivity index (χ0) is 17.7. The average molecular weight is 350 g/mol. The first-order chi connectivity index (χ1) is 11.3. The van der Waals surface area contributed by atoms with Crippen molar-refractivity contribution in [3.05, 3.63) is 60.4 Å². The number of anilines is 2. The Kier molecular flexibility index (Phi) is 5.56. The van der Waals surface area contributed by atoms with Crippen molar-refractivity contribution in [2.24, 2.45) is 0 Å². The van der Waals surface area contributed by atoms with E-state index in [-0.39, 0.29) is 12.1 Å². The molecule has 0 unspecified atom stereocenters. The Bertz CT molecular complexity index is 810. The van der Waals surface area contributed by atoms with Gasteiger partial charge in [-0.25, -0.2) is 12.8 Å². The van der Waals surface area contributed by atoms with Crippen LogP contribution in [0.1, 0.15) is 13.3 Å². The molecule has 0 heterocycles. The molecule has 5 nitrogen and oxygen atoms in total. The highest BCUT2D eigenvalue weighted by Crippen LogP contribution is 2.23. The zero-order valence-electron chi connectivity index (χ0n) is 13.4. The summed E-state index contributed by atoms with van der Waals surface area (Å²) in [6, 6.07) is 12.9. The third-order valence-corrected chi connectivity index (χ3v) is 4.61. The van der Waals surface area contributed by atoms with Crippen molar-refractivity contribution in [2.45, 2.75) is 19.4 Å². The van der Waals surface area contributed by atoms with Crippen molar-refractivity contribution in [3.63, 3.8) is 0 Å². The van der Waals surface area contributed by atoms with Gasteiger partial charge in [0.25, 0.3) is 0 Å². The summed E-state index contributed by atoms with van der Waals surface area (Å²) >= 11 is 0. The fraction of sp³-hybridized carbons (Fsp3) is 0.235. The van der Waals surface area contributed by atoms with Crippen molar-refractivity contribution in [3.8, 4) is 0 Å². The number of para-hydroxylation sites is 1. The lowest BCUT2D eigenvalue weighted by Gasteiger charge is -2.30. The second kappa shape index (κ2) is 7.44. The lowest BCUT2D eigenvalue weighted by Crippen LogP contribution is -2.46. The highest BCUT2D eigenvalue weighted by molar-refractivity contribution is 7.92. The largest absolute Gasteiger partial charge is 0.324 e. The van der Waals surface area contributed by atoms with E-state index in [2.05, 4.69) is 5.32 Å². The summed E-state index contributed by atoms with van der Waals surface area (Å²) in [5.41, 5.74) is 0.682. The number of amides is 1. The number of hydrogen-bond donors (Lipinski definition) is 1. The molecule has 0 saturated heterocycles. The number of carbonyl (C=O) groups is 1. The summed E-state index contributed by atoms with van der Waals surface area (Å²) in [7, 11) is -3.68. The van der Waals surface area contributed by atoms with Gasteiger partial charge in [-0.2, -0.15) is 0 Å². The van der Waals surface area contributed by atoms with E-state index in [4.69, 9.17) is 0 Å². The van der Waals surface area contributed by atoms with Crippen LogP contribution in [0.2, 0.25) is 0 Å². The number of nitrogens with one attached hydrogen (secondary N) is 1. The third-order valence-electron chi connectivity index (χ3n) is 3.43. The first-order valence-corrected chi connectivity index (χ1v) is 9.28. The summed E-state index contributed by atoms with van der Waals surface area (Å²) in [4.78, 5) is 12.6. The first-order valence-electron chi connectivity index (χ1n) is 7.44. The standard InChI is InChI=1S/C17H19FN2O3S/c1-3-16(17(21)19-14-9-7-8-13(18)12-14)20(24(2,22)23)15-10-5-4-6-11-15/h4-12,16H,3H2,1-2H3,(H,19,21)/t16-/m0/s1. The minimum atomic E-state index is -3.68. The number of carbonyl (C=O) groups excluding carboxylic acids is 1. The predicted molar refractivity (Wildman–Crippen MR) is 92.9 cm³/mol. The molecule has 1 amide bonds. The molecule has 2 aromatic rings. The minimum absolute atomic E-state index is 0.267. The Hall–Kier alpha value is -2.41. The van der Waals surface area contributed by atoms with Crippen LogP contribution >= 0.6 is 0 Å². The van der Waals surface area contributed by atoms with E-state index >= 15 is 0 Å². The molecule has 0 aliphatic heterocycles. The third kappa shape index (κ3) is 4.32. The minimum Gasteiger partial charge on any atom is -0.324 e. The molecule has 2 rings (SSSR count). The molecule has 0 bridgehead atoms. The van der Waals surface area contributed by atoms with Crippen LogP contribution in [0.25, 0.3) is 0 Å². The van der Waals surface area contributed by atoms with Gasteiger partial charge in [-0.05, 0) is 36.8 Å². The molecule has 1 atom stereocenters. The van der Waals surface area contributed by atoms with Gasteiger partial charge in [0, 0.05) is 5.69 Å². The van der Waals surface area contributed by atoms with Gasteiger partial charge in [0.15, 0.2) is 0 Å². The second-order valence-electron chi connectivity index (χ2n) is 5.32. The Morgan fingerprint density at radius 1 is 1.17 bits per heavy atom. The summed E-state index contributed by atoms with van der Waals surface area (Å²) in [6.07, 6.45) is 1.32. The van der Waals surface area contributed by atoms with Gasteiger partial charge < -0.3 is 5.32 Å². The number of rotatable bonds is 6. The Balaban J connectivity index is 2.34. The summed E-state index contributed by atoms with van der Waals surface area (Å²) in [5.74, 6) is -0.999. The highest BCUT2D eigenvalue weighted by Gasteiger charge is 2.31. The van der Waals surface area contributed by atoms with E-state index in [0.29, 0.717) is 5.69 Å². The Labute approximate surface area is 141 Å². The highest BCUT2D eigenvalue weighted by atomic mass is 32.2. The molecule has 1 N–H and O–H groups in total. The van der Waals surface area contributed by atoms with E-state index in [1.54, 1.807) is 43.3 Å². The van der Waals surface area contributed by atoms with E-state index in [9.17, 15) is 17.6 Å². The monoisotopic (exact) mass is 350 g/mol. The van der Waals surface area contributed by atoms with E-state index < -0.39 is 27.8 Å². The molecule has 24 heavy (non-hydrogen) atoms. The molecular weight excluding hydrogens is 331 g/mol. The van der Waals surface area contributed by atoms with E-state index in [1.165, 1.54) is 18.2 Å². The van der Waals surface area contributed by atoms with Crippen molar-refractivity contribution < 1.29 is 17.6 Å². The van der Waals surface area contributed by atoms with Gasteiger partial charge in [0.05, 0.1) is 11.9 Å². The molecule has 0 spiro atoms. The molecule has 0 radical (unpaired) electrons. The summed E-state index contributed by atoms with van der Waals surface area (Å²) in [5, 5.41) is 2.57. The van der Waals surface area contributed by atoms with Crippen LogP contribution in [0, 0.1) is 5.82 Å². The SMILES string of the molecule is CC[C@@H](C(=O)Nc1cccc(F)c1)N(c1ccccc1)S(C)(=O)=O. The zero-order valence-corrected chi connectivity index (χ0v) is 14.3.